The highest BCUT2D eigenvalue weighted by Crippen LogP contribution is 2.15. The molecule has 0 heterocycles. The smallest absolute Gasteiger partial charge is 0.193 e. The third-order valence-electron chi connectivity index (χ3n) is 2.38. The molecule has 1 unspecified atom stereocenters. The van der Waals surface area contributed by atoms with E-state index in [1.165, 1.54) is 5.56 Å². The summed E-state index contributed by atoms with van der Waals surface area (Å²) in [6, 6.07) is 10.3. The molecule has 0 saturated carbocycles. The molecule has 0 aliphatic carbocycles. The van der Waals surface area contributed by atoms with Crippen molar-refractivity contribution >= 4 is 6.21 Å². The van der Waals surface area contributed by atoms with E-state index in [4.69, 9.17) is 9.47 Å². The molecular weight excluding hydrogens is 214 g/mol. The predicted octanol–water partition coefficient (Wildman–Crippen LogP) is 3.22. The van der Waals surface area contributed by atoms with E-state index in [9.17, 15) is 0 Å². The molecule has 0 amide bonds. The van der Waals surface area contributed by atoms with Crippen molar-refractivity contribution in [1.29, 1.82) is 0 Å². The van der Waals surface area contributed by atoms with Crippen molar-refractivity contribution in [2.75, 3.05) is 13.2 Å². The third-order valence-corrected chi connectivity index (χ3v) is 2.38. The molecule has 0 spiro atoms. The minimum Gasteiger partial charge on any atom is -0.348 e. The van der Waals surface area contributed by atoms with Crippen LogP contribution in [0.5, 0.6) is 0 Å². The molecule has 0 aliphatic heterocycles. The molecular formula is C14H21NO2. The molecule has 17 heavy (non-hydrogen) atoms. The molecule has 0 saturated heterocycles. The van der Waals surface area contributed by atoms with Gasteiger partial charge in [0.25, 0.3) is 0 Å². The van der Waals surface area contributed by atoms with Crippen molar-refractivity contribution in [1.82, 2.24) is 0 Å². The fraction of sp³-hybridized carbons (Fsp3) is 0.500. The summed E-state index contributed by atoms with van der Waals surface area (Å²) < 4.78 is 10.8. The maximum Gasteiger partial charge on any atom is 0.193 e. The maximum atomic E-state index is 5.40. The summed E-state index contributed by atoms with van der Waals surface area (Å²) in [5.41, 5.74) is 1.19. The van der Waals surface area contributed by atoms with Gasteiger partial charge in [-0.25, -0.2) is 0 Å². The van der Waals surface area contributed by atoms with Gasteiger partial charge in [0.2, 0.25) is 0 Å². The Labute approximate surface area is 103 Å². The summed E-state index contributed by atoms with van der Waals surface area (Å²) in [7, 11) is 0. The van der Waals surface area contributed by atoms with Gasteiger partial charge in [-0.1, -0.05) is 30.3 Å². The average molecular weight is 235 g/mol. The van der Waals surface area contributed by atoms with Crippen LogP contribution >= 0.6 is 0 Å². The molecule has 0 N–H and O–H groups in total. The number of hydrogen-bond acceptors (Lipinski definition) is 3. The number of hydrogen-bond donors (Lipinski definition) is 0. The van der Waals surface area contributed by atoms with Crippen LogP contribution < -0.4 is 0 Å². The highest BCUT2D eigenvalue weighted by atomic mass is 16.7. The summed E-state index contributed by atoms with van der Waals surface area (Å²) in [4.78, 5) is 4.46. The minimum atomic E-state index is -0.337. The standard InChI is InChI=1S/C14H21NO2/c1-4-16-14(17-5-2)11-15-12(3)13-9-7-6-8-10-13/h6-12,14H,4-5H2,1-3H3. The van der Waals surface area contributed by atoms with Crippen LogP contribution in [0.3, 0.4) is 0 Å². The summed E-state index contributed by atoms with van der Waals surface area (Å²) in [6.07, 6.45) is 1.40. The lowest BCUT2D eigenvalue weighted by Crippen LogP contribution is -2.19. The molecule has 1 aromatic rings. The number of rotatable bonds is 7. The highest BCUT2D eigenvalue weighted by molar-refractivity contribution is 5.61. The zero-order valence-corrected chi connectivity index (χ0v) is 10.8. The van der Waals surface area contributed by atoms with E-state index in [0.717, 1.165) is 0 Å². The Hall–Kier alpha value is -1.19. The molecule has 0 fully saturated rings. The Bertz CT molecular complexity index is 318. The van der Waals surface area contributed by atoms with Crippen molar-refractivity contribution < 1.29 is 9.47 Å². The summed E-state index contributed by atoms with van der Waals surface area (Å²) in [5, 5.41) is 0. The molecule has 1 atom stereocenters. The Morgan fingerprint density at radius 3 is 2.24 bits per heavy atom. The monoisotopic (exact) mass is 235 g/mol. The van der Waals surface area contributed by atoms with E-state index < -0.39 is 0 Å². The van der Waals surface area contributed by atoms with E-state index >= 15 is 0 Å². The fourth-order valence-electron chi connectivity index (χ4n) is 1.48. The molecule has 0 radical (unpaired) electrons. The largest absolute Gasteiger partial charge is 0.348 e. The van der Waals surface area contributed by atoms with Gasteiger partial charge in [0.15, 0.2) is 6.29 Å². The van der Waals surface area contributed by atoms with E-state index in [2.05, 4.69) is 24.0 Å². The van der Waals surface area contributed by atoms with E-state index in [1.54, 1.807) is 6.21 Å². The molecule has 1 aromatic carbocycles. The van der Waals surface area contributed by atoms with Gasteiger partial charge < -0.3 is 9.47 Å². The second-order valence-corrected chi connectivity index (χ2v) is 3.66. The molecule has 94 valence electrons. The van der Waals surface area contributed by atoms with Crippen molar-refractivity contribution in [3.8, 4) is 0 Å². The quantitative estimate of drug-likeness (QED) is 0.536. The van der Waals surface area contributed by atoms with Crippen LogP contribution in [0.4, 0.5) is 0 Å². The number of nitrogens with zero attached hydrogens (tertiary/aromatic N) is 1. The van der Waals surface area contributed by atoms with E-state index in [-0.39, 0.29) is 12.3 Å². The van der Waals surface area contributed by atoms with Crippen LogP contribution in [0.25, 0.3) is 0 Å². The highest BCUT2D eigenvalue weighted by Gasteiger charge is 2.05. The Morgan fingerprint density at radius 2 is 1.71 bits per heavy atom. The topological polar surface area (TPSA) is 30.8 Å². The fourth-order valence-corrected chi connectivity index (χ4v) is 1.48. The van der Waals surface area contributed by atoms with Gasteiger partial charge in [0, 0.05) is 13.2 Å². The van der Waals surface area contributed by atoms with Gasteiger partial charge >= 0.3 is 0 Å². The van der Waals surface area contributed by atoms with Crippen LogP contribution in [0.1, 0.15) is 32.4 Å². The van der Waals surface area contributed by atoms with Crippen molar-refractivity contribution in [3.63, 3.8) is 0 Å². The molecule has 0 aliphatic rings. The minimum absolute atomic E-state index is 0.125. The van der Waals surface area contributed by atoms with Crippen LogP contribution in [0, 0.1) is 0 Å². The van der Waals surface area contributed by atoms with Crippen molar-refractivity contribution in [2.24, 2.45) is 4.99 Å². The first kappa shape index (κ1) is 13.9. The third kappa shape index (κ3) is 5.11. The van der Waals surface area contributed by atoms with E-state index in [1.807, 2.05) is 32.0 Å². The van der Waals surface area contributed by atoms with Gasteiger partial charge in [-0.15, -0.1) is 0 Å². The molecule has 3 nitrogen and oxygen atoms in total. The predicted molar refractivity (Wildman–Crippen MR) is 70.4 cm³/mol. The first-order valence-corrected chi connectivity index (χ1v) is 6.09. The molecule has 3 heteroatoms. The van der Waals surface area contributed by atoms with Crippen LogP contribution in [0.15, 0.2) is 35.3 Å². The van der Waals surface area contributed by atoms with Crippen LogP contribution in [-0.2, 0) is 9.47 Å². The number of ether oxygens (including phenoxy) is 2. The Morgan fingerprint density at radius 1 is 1.12 bits per heavy atom. The number of aliphatic imine (C=N–C) groups is 1. The lowest BCUT2D eigenvalue weighted by atomic mass is 10.1. The van der Waals surface area contributed by atoms with Gasteiger partial charge in [0.1, 0.15) is 0 Å². The summed E-state index contributed by atoms with van der Waals surface area (Å²) in [6.45, 7) is 7.19. The second kappa shape index (κ2) is 7.98. The average Bonchev–Trinajstić information content (AvgIpc) is 2.37. The summed E-state index contributed by atoms with van der Waals surface area (Å²) >= 11 is 0. The molecule has 0 aromatic heterocycles. The van der Waals surface area contributed by atoms with Gasteiger partial charge in [-0.05, 0) is 26.3 Å². The second-order valence-electron chi connectivity index (χ2n) is 3.66. The maximum absolute atomic E-state index is 5.40. The van der Waals surface area contributed by atoms with Crippen molar-refractivity contribution in [3.05, 3.63) is 35.9 Å². The van der Waals surface area contributed by atoms with Crippen molar-refractivity contribution in [2.45, 2.75) is 33.1 Å². The van der Waals surface area contributed by atoms with Gasteiger partial charge in [0.05, 0.1) is 12.3 Å². The normalized spacial score (nSPS) is 13.4. The zero-order valence-electron chi connectivity index (χ0n) is 10.8. The van der Waals surface area contributed by atoms with Gasteiger partial charge in [-0.3, -0.25) is 4.99 Å². The zero-order chi connectivity index (χ0) is 12.5. The Kier molecular flexibility index (Phi) is 6.51. The molecule has 1 rings (SSSR count). The lowest BCUT2D eigenvalue weighted by molar-refractivity contribution is -0.0869. The first-order valence-electron chi connectivity index (χ1n) is 6.09. The summed E-state index contributed by atoms with van der Waals surface area (Å²) in [5.74, 6) is 0. The molecule has 0 bridgehead atoms. The number of benzene rings is 1. The van der Waals surface area contributed by atoms with E-state index in [0.29, 0.717) is 13.2 Å². The first-order chi connectivity index (χ1) is 8.27. The van der Waals surface area contributed by atoms with Crippen LogP contribution in [0.2, 0.25) is 0 Å². The van der Waals surface area contributed by atoms with Crippen LogP contribution in [-0.4, -0.2) is 25.7 Å². The van der Waals surface area contributed by atoms with Gasteiger partial charge in [-0.2, -0.15) is 0 Å². The SMILES string of the molecule is CCOC(C=NC(C)c1ccccc1)OCC. The Balaban J connectivity index is 2.56. The lowest BCUT2D eigenvalue weighted by Gasteiger charge is -2.13.